The standard InChI is InChI=1S/C21H42NO2/c1-4-5-6-7-8-9-10-11-12-13-14-15-19-24-21(23)20-17-16-18-22(20,2)3/h20H,4-19H2,1-3H3/q+1. The zero-order valence-corrected chi connectivity index (χ0v) is 16.7. The van der Waals surface area contributed by atoms with E-state index >= 15 is 0 Å². The highest BCUT2D eigenvalue weighted by Crippen LogP contribution is 2.23. The van der Waals surface area contributed by atoms with E-state index in [1.165, 1.54) is 70.6 Å². The molecule has 1 atom stereocenters. The topological polar surface area (TPSA) is 26.3 Å². The van der Waals surface area contributed by atoms with Crippen LogP contribution in [0.2, 0.25) is 0 Å². The van der Waals surface area contributed by atoms with E-state index in [4.69, 9.17) is 4.74 Å². The summed E-state index contributed by atoms with van der Waals surface area (Å²) in [7, 11) is 4.28. The molecule has 0 spiro atoms. The van der Waals surface area contributed by atoms with Crippen LogP contribution in [0.15, 0.2) is 0 Å². The third-order valence-corrected chi connectivity index (χ3v) is 5.57. The van der Waals surface area contributed by atoms with Gasteiger partial charge in [-0.3, -0.25) is 0 Å². The molecule has 0 aliphatic carbocycles. The van der Waals surface area contributed by atoms with Gasteiger partial charge in [-0.05, 0) is 6.42 Å². The molecule has 1 fully saturated rings. The highest BCUT2D eigenvalue weighted by atomic mass is 16.5. The van der Waals surface area contributed by atoms with Crippen molar-refractivity contribution < 1.29 is 14.0 Å². The second-order valence-electron chi connectivity index (χ2n) is 8.22. The summed E-state index contributed by atoms with van der Waals surface area (Å²) < 4.78 is 6.30. The minimum absolute atomic E-state index is 0.0283. The summed E-state index contributed by atoms with van der Waals surface area (Å²) in [5.74, 6) is 0.0283. The summed E-state index contributed by atoms with van der Waals surface area (Å²) in [6, 6.07) is 0.0716. The largest absolute Gasteiger partial charge is 0.461 e. The van der Waals surface area contributed by atoms with E-state index in [1.54, 1.807) is 0 Å². The van der Waals surface area contributed by atoms with E-state index in [1.807, 2.05) is 0 Å². The lowest BCUT2D eigenvalue weighted by Crippen LogP contribution is -2.48. The van der Waals surface area contributed by atoms with Crippen LogP contribution in [-0.2, 0) is 9.53 Å². The van der Waals surface area contributed by atoms with Gasteiger partial charge in [-0.1, -0.05) is 77.6 Å². The summed E-state index contributed by atoms with van der Waals surface area (Å²) in [5, 5.41) is 0. The molecule has 1 aliphatic rings. The normalized spacial score (nSPS) is 19.5. The lowest BCUT2D eigenvalue weighted by atomic mass is 10.1. The zero-order valence-electron chi connectivity index (χ0n) is 16.7. The number of likely N-dealkylation sites (tertiary alicyclic amines) is 1. The summed E-state index contributed by atoms with van der Waals surface area (Å²) in [6.07, 6.45) is 18.2. The molecule has 24 heavy (non-hydrogen) atoms. The summed E-state index contributed by atoms with van der Waals surface area (Å²) in [4.78, 5) is 12.1. The smallest absolute Gasteiger partial charge is 0.364 e. The van der Waals surface area contributed by atoms with E-state index in [0.717, 1.165) is 30.3 Å². The van der Waals surface area contributed by atoms with Crippen LogP contribution >= 0.6 is 0 Å². The number of nitrogens with zero attached hydrogens (tertiary/aromatic N) is 1. The maximum atomic E-state index is 12.1. The van der Waals surface area contributed by atoms with Gasteiger partial charge >= 0.3 is 5.97 Å². The van der Waals surface area contributed by atoms with Crippen molar-refractivity contribution in [1.82, 2.24) is 0 Å². The molecule has 1 aliphatic heterocycles. The Morgan fingerprint density at radius 1 is 0.875 bits per heavy atom. The lowest BCUT2D eigenvalue weighted by molar-refractivity contribution is -0.893. The molecule has 0 N–H and O–H groups in total. The van der Waals surface area contributed by atoms with Crippen LogP contribution in [-0.4, -0.2) is 43.7 Å². The summed E-state index contributed by atoms with van der Waals surface area (Å²) in [6.45, 7) is 3.99. The fraction of sp³-hybridized carbons (Fsp3) is 0.952. The van der Waals surface area contributed by atoms with Crippen LogP contribution in [0.25, 0.3) is 0 Å². The zero-order chi connectivity index (χ0) is 17.7. The van der Waals surface area contributed by atoms with Crippen LogP contribution in [0.1, 0.15) is 96.8 Å². The van der Waals surface area contributed by atoms with Gasteiger partial charge in [0, 0.05) is 12.8 Å². The maximum Gasteiger partial charge on any atom is 0.364 e. The minimum Gasteiger partial charge on any atom is -0.461 e. The number of carbonyl (C=O) groups excluding carboxylic acids is 1. The quantitative estimate of drug-likeness (QED) is 0.238. The lowest BCUT2D eigenvalue weighted by Gasteiger charge is -2.29. The molecule has 1 rings (SSSR count). The maximum absolute atomic E-state index is 12.1. The Kier molecular flexibility index (Phi) is 11.4. The van der Waals surface area contributed by atoms with Crippen LogP contribution < -0.4 is 0 Å². The number of esters is 1. The molecule has 142 valence electrons. The molecule has 0 aromatic heterocycles. The molecule has 1 unspecified atom stereocenters. The molecular weight excluding hydrogens is 298 g/mol. The summed E-state index contributed by atoms with van der Waals surface area (Å²) >= 11 is 0. The fourth-order valence-corrected chi connectivity index (χ4v) is 3.81. The molecular formula is C21H42NO2+. The van der Waals surface area contributed by atoms with Gasteiger partial charge in [-0.2, -0.15) is 0 Å². The molecule has 3 nitrogen and oxygen atoms in total. The SMILES string of the molecule is CCCCCCCCCCCCCCOC(=O)C1CCC[N+]1(C)C. The van der Waals surface area contributed by atoms with E-state index in [-0.39, 0.29) is 12.0 Å². The number of hydrogen-bond donors (Lipinski definition) is 0. The van der Waals surface area contributed by atoms with Crippen molar-refractivity contribution >= 4 is 5.97 Å². The predicted octanol–water partition coefficient (Wildman–Crippen LogP) is 5.47. The van der Waals surface area contributed by atoms with Gasteiger partial charge in [0.05, 0.1) is 27.2 Å². The van der Waals surface area contributed by atoms with Gasteiger partial charge in [-0.25, -0.2) is 4.79 Å². The van der Waals surface area contributed by atoms with Gasteiger partial charge < -0.3 is 9.22 Å². The van der Waals surface area contributed by atoms with Gasteiger partial charge in [0.15, 0.2) is 6.04 Å². The highest BCUT2D eigenvalue weighted by molar-refractivity contribution is 5.74. The Morgan fingerprint density at radius 3 is 1.83 bits per heavy atom. The number of quaternary nitrogens is 1. The van der Waals surface area contributed by atoms with E-state index < -0.39 is 0 Å². The highest BCUT2D eigenvalue weighted by Gasteiger charge is 2.40. The first-order valence-electron chi connectivity index (χ1n) is 10.6. The third-order valence-electron chi connectivity index (χ3n) is 5.57. The number of unbranched alkanes of at least 4 members (excludes halogenated alkanes) is 11. The summed E-state index contributed by atoms with van der Waals surface area (Å²) in [5.41, 5.74) is 0. The van der Waals surface area contributed by atoms with Crippen LogP contribution in [0, 0.1) is 0 Å². The molecule has 0 aromatic carbocycles. The molecule has 0 bridgehead atoms. The predicted molar refractivity (Wildman–Crippen MR) is 102 cm³/mol. The molecule has 1 heterocycles. The minimum atomic E-state index is 0.0283. The number of rotatable bonds is 14. The Bertz CT molecular complexity index is 328. The molecule has 0 aromatic rings. The first-order chi connectivity index (χ1) is 11.6. The van der Waals surface area contributed by atoms with Crippen molar-refractivity contribution in [2.45, 2.75) is 103 Å². The molecule has 0 saturated carbocycles. The first kappa shape index (κ1) is 21.5. The second kappa shape index (κ2) is 12.7. The molecule has 0 radical (unpaired) electrons. The van der Waals surface area contributed by atoms with Crippen LogP contribution in [0.3, 0.4) is 0 Å². The van der Waals surface area contributed by atoms with Gasteiger partial charge in [0.25, 0.3) is 0 Å². The average Bonchev–Trinajstić information content (AvgIpc) is 2.91. The Balaban J connectivity index is 1.85. The van der Waals surface area contributed by atoms with E-state index in [9.17, 15) is 4.79 Å². The van der Waals surface area contributed by atoms with Crippen LogP contribution in [0.4, 0.5) is 0 Å². The van der Waals surface area contributed by atoms with Crippen molar-refractivity contribution in [3.63, 3.8) is 0 Å². The molecule has 0 amide bonds. The second-order valence-corrected chi connectivity index (χ2v) is 8.22. The van der Waals surface area contributed by atoms with Crippen molar-refractivity contribution in [2.75, 3.05) is 27.2 Å². The van der Waals surface area contributed by atoms with Crippen molar-refractivity contribution in [3.05, 3.63) is 0 Å². The van der Waals surface area contributed by atoms with E-state index in [0.29, 0.717) is 6.61 Å². The Labute approximate surface area is 150 Å². The van der Waals surface area contributed by atoms with Crippen molar-refractivity contribution in [2.24, 2.45) is 0 Å². The molecule has 3 heteroatoms. The first-order valence-corrected chi connectivity index (χ1v) is 10.6. The van der Waals surface area contributed by atoms with E-state index in [2.05, 4.69) is 21.0 Å². The number of ether oxygens (including phenoxy) is 1. The fourth-order valence-electron chi connectivity index (χ4n) is 3.81. The van der Waals surface area contributed by atoms with Crippen molar-refractivity contribution in [3.8, 4) is 0 Å². The monoisotopic (exact) mass is 340 g/mol. The number of hydrogen-bond acceptors (Lipinski definition) is 2. The average molecular weight is 341 g/mol. The van der Waals surface area contributed by atoms with Crippen molar-refractivity contribution in [1.29, 1.82) is 0 Å². The number of likely N-dealkylation sites (N-methyl/N-ethyl adjacent to an activating group) is 1. The Hall–Kier alpha value is -0.570. The van der Waals surface area contributed by atoms with Crippen LogP contribution in [0.5, 0.6) is 0 Å². The molecule has 1 saturated heterocycles. The van der Waals surface area contributed by atoms with Gasteiger partial charge in [0.2, 0.25) is 0 Å². The Morgan fingerprint density at radius 2 is 1.38 bits per heavy atom. The third kappa shape index (κ3) is 9.05. The number of carbonyl (C=O) groups is 1. The van der Waals surface area contributed by atoms with Gasteiger partial charge in [0.1, 0.15) is 0 Å². The van der Waals surface area contributed by atoms with Gasteiger partial charge in [-0.15, -0.1) is 0 Å².